The van der Waals surface area contributed by atoms with Crippen molar-refractivity contribution >= 4 is 5.91 Å². The normalized spacial score (nSPS) is 15.8. The Bertz CT molecular complexity index is 367. The van der Waals surface area contributed by atoms with E-state index in [0.717, 1.165) is 12.0 Å². The van der Waals surface area contributed by atoms with Crippen LogP contribution in [0.1, 0.15) is 45.7 Å². The van der Waals surface area contributed by atoms with Crippen LogP contribution in [-0.4, -0.2) is 23.0 Å². The molecule has 0 saturated carbocycles. The minimum Gasteiger partial charge on any atom is -0.352 e. The summed E-state index contributed by atoms with van der Waals surface area (Å²) in [6.45, 7) is 7.98. The fourth-order valence-electron chi connectivity index (χ4n) is 1.65. The first-order valence-electron chi connectivity index (χ1n) is 6.51. The molecule has 0 radical (unpaired) electrons. The molecule has 0 fully saturated rings. The standard InChI is InChI=1S/C14H23N3O/c1-5-10(2)16-14(18)12(4)17-11(3)13-7-6-8-15-9-13/h6-12,17H,5H2,1-4H3,(H,16,18)/t10?,11-,12?/m1/s1. The van der Waals surface area contributed by atoms with Gasteiger partial charge in [0, 0.05) is 24.5 Å². The van der Waals surface area contributed by atoms with Gasteiger partial charge in [0.2, 0.25) is 5.91 Å². The molecule has 1 amide bonds. The predicted molar refractivity (Wildman–Crippen MR) is 73.1 cm³/mol. The van der Waals surface area contributed by atoms with Gasteiger partial charge in [0.25, 0.3) is 0 Å². The van der Waals surface area contributed by atoms with Gasteiger partial charge in [-0.05, 0) is 38.8 Å². The Morgan fingerprint density at radius 1 is 1.39 bits per heavy atom. The summed E-state index contributed by atoms with van der Waals surface area (Å²) in [4.78, 5) is 16.0. The summed E-state index contributed by atoms with van der Waals surface area (Å²) < 4.78 is 0. The first-order chi connectivity index (χ1) is 8.54. The second-order valence-corrected chi connectivity index (χ2v) is 4.71. The molecule has 0 spiro atoms. The van der Waals surface area contributed by atoms with Gasteiger partial charge in [-0.2, -0.15) is 0 Å². The average molecular weight is 249 g/mol. The summed E-state index contributed by atoms with van der Waals surface area (Å²) in [5, 5.41) is 6.24. The molecule has 4 heteroatoms. The van der Waals surface area contributed by atoms with E-state index in [1.54, 1.807) is 6.20 Å². The van der Waals surface area contributed by atoms with Gasteiger partial charge in [0.1, 0.15) is 0 Å². The Morgan fingerprint density at radius 2 is 2.11 bits per heavy atom. The zero-order chi connectivity index (χ0) is 13.5. The highest BCUT2D eigenvalue weighted by atomic mass is 16.2. The highest BCUT2D eigenvalue weighted by molar-refractivity contribution is 5.81. The number of rotatable bonds is 6. The van der Waals surface area contributed by atoms with Crippen LogP contribution >= 0.6 is 0 Å². The van der Waals surface area contributed by atoms with Crippen molar-refractivity contribution in [3.8, 4) is 0 Å². The zero-order valence-corrected chi connectivity index (χ0v) is 11.6. The minimum atomic E-state index is -0.214. The molecule has 0 aliphatic rings. The Hall–Kier alpha value is -1.42. The fourth-order valence-corrected chi connectivity index (χ4v) is 1.65. The first-order valence-corrected chi connectivity index (χ1v) is 6.51. The lowest BCUT2D eigenvalue weighted by atomic mass is 10.1. The van der Waals surface area contributed by atoms with Crippen LogP contribution < -0.4 is 10.6 Å². The lowest BCUT2D eigenvalue weighted by Crippen LogP contribution is -2.46. The molecule has 2 N–H and O–H groups in total. The second-order valence-electron chi connectivity index (χ2n) is 4.71. The number of hydrogen-bond donors (Lipinski definition) is 2. The molecule has 0 bridgehead atoms. The molecule has 3 atom stereocenters. The molecule has 1 aromatic heterocycles. The maximum Gasteiger partial charge on any atom is 0.237 e. The van der Waals surface area contributed by atoms with Crippen LogP contribution in [0.5, 0.6) is 0 Å². The second kappa shape index (κ2) is 7.11. The molecular weight excluding hydrogens is 226 g/mol. The maximum atomic E-state index is 11.9. The van der Waals surface area contributed by atoms with E-state index in [1.807, 2.05) is 39.1 Å². The summed E-state index contributed by atoms with van der Waals surface area (Å²) in [6, 6.07) is 4.02. The zero-order valence-electron chi connectivity index (χ0n) is 11.6. The minimum absolute atomic E-state index is 0.0418. The van der Waals surface area contributed by atoms with Crippen molar-refractivity contribution in [2.75, 3.05) is 0 Å². The predicted octanol–water partition coefficient (Wildman–Crippen LogP) is 2.04. The van der Waals surface area contributed by atoms with E-state index < -0.39 is 0 Å². The van der Waals surface area contributed by atoms with Crippen LogP contribution in [0, 0.1) is 0 Å². The highest BCUT2D eigenvalue weighted by Gasteiger charge is 2.17. The van der Waals surface area contributed by atoms with E-state index in [2.05, 4.69) is 22.5 Å². The Balaban J connectivity index is 2.49. The van der Waals surface area contributed by atoms with Crippen molar-refractivity contribution in [3.63, 3.8) is 0 Å². The summed E-state index contributed by atoms with van der Waals surface area (Å²) in [6.07, 6.45) is 4.50. The summed E-state index contributed by atoms with van der Waals surface area (Å²) in [5.41, 5.74) is 1.08. The molecule has 0 aromatic carbocycles. The smallest absolute Gasteiger partial charge is 0.237 e. The van der Waals surface area contributed by atoms with Gasteiger partial charge in [-0.25, -0.2) is 0 Å². The monoisotopic (exact) mass is 249 g/mol. The van der Waals surface area contributed by atoms with Crippen LogP contribution in [0.15, 0.2) is 24.5 Å². The summed E-state index contributed by atoms with van der Waals surface area (Å²) in [5.74, 6) is 0.0418. The molecule has 1 heterocycles. The van der Waals surface area contributed by atoms with Crippen LogP contribution in [0.2, 0.25) is 0 Å². The van der Waals surface area contributed by atoms with Crippen molar-refractivity contribution in [2.45, 2.75) is 52.2 Å². The number of nitrogens with one attached hydrogen (secondary N) is 2. The molecule has 2 unspecified atom stereocenters. The largest absolute Gasteiger partial charge is 0.352 e. The van der Waals surface area contributed by atoms with Gasteiger partial charge < -0.3 is 5.32 Å². The van der Waals surface area contributed by atoms with Gasteiger partial charge in [-0.3, -0.25) is 15.1 Å². The number of nitrogens with zero attached hydrogens (tertiary/aromatic N) is 1. The van der Waals surface area contributed by atoms with E-state index in [9.17, 15) is 4.79 Å². The Kier molecular flexibility index (Phi) is 5.78. The van der Waals surface area contributed by atoms with E-state index in [4.69, 9.17) is 0 Å². The molecule has 0 saturated heterocycles. The van der Waals surface area contributed by atoms with E-state index in [0.29, 0.717) is 0 Å². The van der Waals surface area contributed by atoms with E-state index in [-0.39, 0.29) is 24.0 Å². The fraction of sp³-hybridized carbons (Fsp3) is 0.571. The van der Waals surface area contributed by atoms with Crippen molar-refractivity contribution < 1.29 is 4.79 Å². The van der Waals surface area contributed by atoms with Crippen LogP contribution in [0.4, 0.5) is 0 Å². The SMILES string of the molecule is CCC(C)NC(=O)C(C)N[C@H](C)c1cccnc1. The van der Waals surface area contributed by atoms with Gasteiger partial charge in [0.15, 0.2) is 0 Å². The van der Waals surface area contributed by atoms with Gasteiger partial charge >= 0.3 is 0 Å². The number of carbonyl (C=O) groups is 1. The van der Waals surface area contributed by atoms with Crippen molar-refractivity contribution in [1.82, 2.24) is 15.6 Å². The van der Waals surface area contributed by atoms with Crippen LogP contribution in [0.3, 0.4) is 0 Å². The number of carbonyl (C=O) groups excluding carboxylic acids is 1. The number of hydrogen-bond acceptors (Lipinski definition) is 3. The topological polar surface area (TPSA) is 54.0 Å². The molecule has 4 nitrogen and oxygen atoms in total. The lowest BCUT2D eigenvalue weighted by molar-refractivity contribution is -0.123. The molecule has 1 rings (SSSR count). The third-order valence-corrected chi connectivity index (χ3v) is 3.08. The molecular formula is C14H23N3O. The van der Waals surface area contributed by atoms with Crippen molar-refractivity contribution in [1.29, 1.82) is 0 Å². The first kappa shape index (κ1) is 14.6. The van der Waals surface area contributed by atoms with Crippen LogP contribution in [-0.2, 0) is 4.79 Å². The lowest BCUT2D eigenvalue weighted by Gasteiger charge is -2.21. The Labute approximate surface area is 109 Å². The number of pyridine rings is 1. The third kappa shape index (κ3) is 4.45. The maximum absolute atomic E-state index is 11.9. The summed E-state index contributed by atoms with van der Waals surface area (Å²) in [7, 11) is 0. The van der Waals surface area contributed by atoms with Gasteiger partial charge in [-0.15, -0.1) is 0 Å². The quantitative estimate of drug-likeness (QED) is 0.811. The van der Waals surface area contributed by atoms with Gasteiger partial charge in [-0.1, -0.05) is 13.0 Å². The van der Waals surface area contributed by atoms with E-state index in [1.165, 1.54) is 0 Å². The molecule has 1 aromatic rings. The number of amides is 1. The van der Waals surface area contributed by atoms with E-state index >= 15 is 0 Å². The van der Waals surface area contributed by atoms with Crippen LogP contribution in [0.25, 0.3) is 0 Å². The summed E-state index contributed by atoms with van der Waals surface area (Å²) >= 11 is 0. The molecule has 0 aliphatic carbocycles. The average Bonchev–Trinajstić information content (AvgIpc) is 2.39. The highest BCUT2D eigenvalue weighted by Crippen LogP contribution is 2.10. The third-order valence-electron chi connectivity index (χ3n) is 3.08. The molecule has 100 valence electrons. The van der Waals surface area contributed by atoms with Crippen molar-refractivity contribution in [2.24, 2.45) is 0 Å². The molecule has 0 aliphatic heterocycles. The van der Waals surface area contributed by atoms with Gasteiger partial charge in [0.05, 0.1) is 6.04 Å². The molecule has 18 heavy (non-hydrogen) atoms. The van der Waals surface area contributed by atoms with Crippen molar-refractivity contribution in [3.05, 3.63) is 30.1 Å². The Morgan fingerprint density at radius 3 is 2.67 bits per heavy atom. The number of aromatic nitrogens is 1.